The number of nitrogens with zero attached hydrogens (tertiary/aromatic N) is 2. The van der Waals surface area contributed by atoms with Crippen molar-refractivity contribution in [2.45, 2.75) is 89.6 Å². The molecule has 3 heteroatoms. The standard InChI is InChI=1S/C27H30N2O.5C2H6/c1-20-5-10-23(11-6-20)27-18-24-17-21(2)7-14-26(24)29(27)19-22-8-12-25(13-9-22)30-16-15-28(3)4;5*1-2/h5-14,17-18H,15-16,19H2,1-4H3;5*1-2H3. The summed E-state index contributed by atoms with van der Waals surface area (Å²) in [5.74, 6) is 0.923. The maximum absolute atomic E-state index is 5.85. The van der Waals surface area contributed by atoms with Crippen LogP contribution in [0.15, 0.2) is 72.8 Å². The molecule has 224 valence electrons. The fourth-order valence-electron chi connectivity index (χ4n) is 3.74. The van der Waals surface area contributed by atoms with E-state index in [-0.39, 0.29) is 0 Å². The molecule has 0 aliphatic carbocycles. The van der Waals surface area contributed by atoms with Crippen molar-refractivity contribution in [2.75, 3.05) is 27.2 Å². The van der Waals surface area contributed by atoms with Crippen LogP contribution in [0.4, 0.5) is 0 Å². The summed E-state index contributed by atoms with van der Waals surface area (Å²) < 4.78 is 8.26. The Morgan fingerprint density at radius 3 is 1.68 bits per heavy atom. The second-order valence-corrected chi connectivity index (χ2v) is 8.34. The van der Waals surface area contributed by atoms with E-state index in [4.69, 9.17) is 4.74 Å². The van der Waals surface area contributed by atoms with Crippen LogP contribution in [0.2, 0.25) is 0 Å². The third-order valence-electron chi connectivity index (χ3n) is 5.48. The van der Waals surface area contributed by atoms with Crippen molar-refractivity contribution < 1.29 is 4.74 Å². The normalized spacial score (nSPS) is 9.28. The van der Waals surface area contributed by atoms with E-state index in [1.165, 1.54) is 38.9 Å². The molecule has 3 aromatic carbocycles. The molecule has 0 amide bonds. The Balaban J connectivity index is 0. The van der Waals surface area contributed by atoms with Gasteiger partial charge in [0, 0.05) is 29.7 Å². The number of hydrogen-bond acceptors (Lipinski definition) is 2. The van der Waals surface area contributed by atoms with Gasteiger partial charge in [-0.2, -0.15) is 0 Å². The van der Waals surface area contributed by atoms with Gasteiger partial charge in [-0.3, -0.25) is 0 Å². The molecule has 3 nitrogen and oxygen atoms in total. The molecule has 40 heavy (non-hydrogen) atoms. The second kappa shape index (κ2) is 23.8. The molecule has 1 aromatic heterocycles. The van der Waals surface area contributed by atoms with Crippen LogP contribution >= 0.6 is 0 Å². The summed E-state index contributed by atoms with van der Waals surface area (Å²) >= 11 is 0. The van der Waals surface area contributed by atoms with E-state index in [0.29, 0.717) is 6.61 Å². The van der Waals surface area contributed by atoms with E-state index in [1.807, 2.05) is 69.2 Å². The first kappa shape index (κ1) is 39.1. The maximum Gasteiger partial charge on any atom is 0.119 e. The SMILES string of the molecule is CC.CC.CC.CC.CC.Cc1ccc(-c2cc3cc(C)ccc3n2Cc2ccc(OCCN(C)C)cc2)cc1. The lowest BCUT2D eigenvalue weighted by atomic mass is 10.1. The molecule has 0 unspecified atom stereocenters. The molecule has 0 fully saturated rings. The Morgan fingerprint density at radius 1 is 0.625 bits per heavy atom. The molecule has 0 saturated heterocycles. The summed E-state index contributed by atoms with van der Waals surface area (Å²) in [5.41, 5.74) is 7.60. The molecule has 4 aromatic rings. The highest BCUT2D eigenvalue weighted by molar-refractivity contribution is 5.87. The Kier molecular flexibility index (Phi) is 23.3. The predicted octanol–water partition coefficient (Wildman–Crippen LogP) is 11.0. The van der Waals surface area contributed by atoms with Gasteiger partial charge in [0.05, 0.1) is 0 Å². The van der Waals surface area contributed by atoms with E-state index in [1.54, 1.807) is 0 Å². The van der Waals surface area contributed by atoms with Gasteiger partial charge in [0.1, 0.15) is 12.4 Å². The topological polar surface area (TPSA) is 17.4 Å². The van der Waals surface area contributed by atoms with Gasteiger partial charge in [0.15, 0.2) is 0 Å². The Bertz CT molecular complexity index is 1120. The highest BCUT2D eigenvalue weighted by Gasteiger charge is 2.12. The van der Waals surface area contributed by atoms with Gasteiger partial charge in [-0.05, 0) is 69.4 Å². The molecule has 0 aliphatic rings. The predicted molar refractivity (Wildman–Crippen MR) is 183 cm³/mol. The van der Waals surface area contributed by atoms with Crippen LogP contribution in [0, 0.1) is 13.8 Å². The lowest BCUT2D eigenvalue weighted by Crippen LogP contribution is -2.19. The molecule has 0 spiro atoms. The minimum Gasteiger partial charge on any atom is -0.492 e. The number of likely N-dealkylation sites (N-methyl/N-ethyl adjacent to an activating group) is 1. The maximum atomic E-state index is 5.85. The molecule has 0 N–H and O–H groups in total. The molecule has 0 bridgehead atoms. The third-order valence-corrected chi connectivity index (χ3v) is 5.48. The van der Waals surface area contributed by atoms with E-state index in [9.17, 15) is 0 Å². The number of benzene rings is 3. The van der Waals surface area contributed by atoms with Crippen molar-refractivity contribution in [3.63, 3.8) is 0 Å². The summed E-state index contributed by atoms with van der Waals surface area (Å²) in [6, 6.07) is 26.3. The lowest BCUT2D eigenvalue weighted by Gasteiger charge is -2.13. The van der Waals surface area contributed by atoms with Crippen molar-refractivity contribution in [3.8, 4) is 17.0 Å². The quantitative estimate of drug-likeness (QED) is 0.228. The van der Waals surface area contributed by atoms with Gasteiger partial charge in [0.25, 0.3) is 0 Å². The number of hydrogen-bond donors (Lipinski definition) is 0. The number of rotatable bonds is 7. The van der Waals surface area contributed by atoms with Crippen molar-refractivity contribution in [1.29, 1.82) is 0 Å². The van der Waals surface area contributed by atoms with Crippen LogP contribution in [0.5, 0.6) is 5.75 Å². The largest absolute Gasteiger partial charge is 0.492 e. The summed E-state index contributed by atoms with van der Waals surface area (Å²) in [6.45, 7) is 26.7. The van der Waals surface area contributed by atoms with Gasteiger partial charge in [-0.25, -0.2) is 0 Å². The highest BCUT2D eigenvalue weighted by atomic mass is 16.5. The first-order valence-electron chi connectivity index (χ1n) is 15.5. The first-order chi connectivity index (χ1) is 19.5. The van der Waals surface area contributed by atoms with E-state index in [2.05, 4.69) is 110 Å². The monoisotopic (exact) mass is 548 g/mol. The molecule has 0 saturated carbocycles. The Hall–Kier alpha value is -3.04. The van der Waals surface area contributed by atoms with Gasteiger partial charge in [-0.15, -0.1) is 0 Å². The van der Waals surface area contributed by atoms with E-state index >= 15 is 0 Å². The molecule has 0 aliphatic heterocycles. The van der Waals surface area contributed by atoms with Crippen molar-refractivity contribution in [2.24, 2.45) is 0 Å². The van der Waals surface area contributed by atoms with Crippen LogP contribution < -0.4 is 4.74 Å². The summed E-state index contributed by atoms with van der Waals surface area (Å²) in [5, 5.41) is 1.29. The average Bonchev–Trinajstić information content (AvgIpc) is 3.36. The fraction of sp³-hybridized carbons (Fsp3) is 0.459. The van der Waals surface area contributed by atoms with Crippen LogP contribution in [0.25, 0.3) is 22.2 Å². The second-order valence-electron chi connectivity index (χ2n) is 8.34. The zero-order chi connectivity index (χ0) is 31.1. The van der Waals surface area contributed by atoms with Gasteiger partial charge < -0.3 is 14.2 Å². The molecule has 0 atom stereocenters. The van der Waals surface area contributed by atoms with Crippen molar-refractivity contribution in [1.82, 2.24) is 9.47 Å². The Labute approximate surface area is 248 Å². The van der Waals surface area contributed by atoms with Crippen molar-refractivity contribution >= 4 is 10.9 Å². The molecule has 4 rings (SSSR count). The minimum absolute atomic E-state index is 0.700. The summed E-state index contributed by atoms with van der Waals surface area (Å²) in [7, 11) is 4.11. The Morgan fingerprint density at radius 2 is 1.15 bits per heavy atom. The molecular weight excluding hydrogens is 488 g/mol. The number of fused-ring (bicyclic) bond motifs is 1. The molecule has 1 heterocycles. The smallest absolute Gasteiger partial charge is 0.119 e. The van der Waals surface area contributed by atoms with Crippen molar-refractivity contribution in [3.05, 3.63) is 89.5 Å². The molecule has 0 radical (unpaired) electrons. The van der Waals surface area contributed by atoms with Crippen LogP contribution in [0.3, 0.4) is 0 Å². The number of aryl methyl sites for hydroxylation is 2. The van der Waals surface area contributed by atoms with Crippen LogP contribution in [-0.4, -0.2) is 36.7 Å². The van der Waals surface area contributed by atoms with Crippen LogP contribution in [0.1, 0.15) is 85.9 Å². The first-order valence-corrected chi connectivity index (χ1v) is 15.5. The highest BCUT2D eigenvalue weighted by Crippen LogP contribution is 2.30. The zero-order valence-electron chi connectivity index (χ0n) is 28.4. The van der Waals surface area contributed by atoms with Gasteiger partial charge in [0.2, 0.25) is 0 Å². The van der Waals surface area contributed by atoms with Crippen LogP contribution in [-0.2, 0) is 6.54 Å². The van der Waals surface area contributed by atoms with E-state index < -0.39 is 0 Å². The van der Waals surface area contributed by atoms with Gasteiger partial charge >= 0.3 is 0 Å². The van der Waals surface area contributed by atoms with E-state index in [0.717, 1.165) is 18.8 Å². The number of aromatic nitrogens is 1. The minimum atomic E-state index is 0.700. The average molecular weight is 549 g/mol. The lowest BCUT2D eigenvalue weighted by molar-refractivity contribution is 0.261. The number of ether oxygens (including phenoxy) is 1. The summed E-state index contributed by atoms with van der Waals surface area (Å²) in [6.07, 6.45) is 0. The summed E-state index contributed by atoms with van der Waals surface area (Å²) in [4.78, 5) is 2.12. The fourth-order valence-corrected chi connectivity index (χ4v) is 3.74. The molecular formula is C37H60N2O. The third kappa shape index (κ3) is 12.9. The van der Waals surface area contributed by atoms with Gasteiger partial charge in [-0.1, -0.05) is 123 Å². The zero-order valence-corrected chi connectivity index (χ0v) is 28.4.